The Balaban J connectivity index is 0.00000144. The molecule has 0 aromatic carbocycles. The van der Waals surface area contributed by atoms with Gasteiger partial charge in [0, 0.05) is 26.2 Å². The molecular weight excluding hydrogens is 244 g/mol. The monoisotopic (exact) mass is 262 g/mol. The van der Waals surface area contributed by atoms with Crippen molar-refractivity contribution in [1.82, 2.24) is 20.4 Å². The van der Waals surface area contributed by atoms with E-state index in [1.54, 1.807) is 0 Å². The molecule has 1 atom stereocenters. The maximum Gasteiger partial charge on any atom is 0.252 e. The maximum atomic E-state index is 5.22. The standard InChI is InChI=1S/C10H18N4O2.ClH/c1-3-15-7-9-12-10(13-16-9)8-6-11-4-5-14(8)2;/h8,11H,3-7H2,1-2H3;1H. The number of nitrogens with one attached hydrogen (secondary N) is 1. The average molecular weight is 263 g/mol. The molecule has 1 aliphatic rings. The van der Waals surface area contributed by atoms with E-state index in [4.69, 9.17) is 9.26 Å². The summed E-state index contributed by atoms with van der Waals surface area (Å²) in [5, 5.41) is 7.32. The van der Waals surface area contributed by atoms with Gasteiger partial charge in [-0.25, -0.2) is 0 Å². The highest BCUT2D eigenvalue weighted by atomic mass is 35.5. The molecule has 1 aromatic heterocycles. The Morgan fingerprint density at radius 3 is 3.12 bits per heavy atom. The molecule has 0 aliphatic carbocycles. The zero-order chi connectivity index (χ0) is 11.4. The SMILES string of the molecule is CCOCc1nc(C2CNCCN2C)no1.Cl. The molecule has 1 unspecified atom stereocenters. The van der Waals surface area contributed by atoms with Gasteiger partial charge in [-0.3, -0.25) is 4.90 Å². The molecule has 1 aliphatic heterocycles. The van der Waals surface area contributed by atoms with Crippen molar-refractivity contribution in [2.45, 2.75) is 19.6 Å². The van der Waals surface area contributed by atoms with Gasteiger partial charge < -0.3 is 14.6 Å². The molecule has 7 heteroatoms. The summed E-state index contributed by atoms with van der Waals surface area (Å²) in [4.78, 5) is 6.57. The molecule has 98 valence electrons. The third-order valence-electron chi connectivity index (χ3n) is 2.72. The zero-order valence-electron chi connectivity index (χ0n) is 10.2. The molecule has 1 fully saturated rings. The lowest BCUT2D eigenvalue weighted by Crippen LogP contribution is -2.44. The summed E-state index contributed by atoms with van der Waals surface area (Å²) in [7, 11) is 2.07. The van der Waals surface area contributed by atoms with Crippen LogP contribution < -0.4 is 5.32 Å². The third kappa shape index (κ3) is 3.64. The van der Waals surface area contributed by atoms with Crippen molar-refractivity contribution in [2.75, 3.05) is 33.3 Å². The molecular formula is C10H19ClN4O2. The van der Waals surface area contributed by atoms with Crippen LogP contribution in [0.5, 0.6) is 0 Å². The Labute approximate surface area is 107 Å². The van der Waals surface area contributed by atoms with E-state index < -0.39 is 0 Å². The van der Waals surface area contributed by atoms with Crippen molar-refractivity contribution >= 4 is 12.4 Å². The first-order chi connectivity index (χ1) is 7.81. The molecule has 0 bridgehead atoms. The molecule has 0 radical (unpaired) electrons. The van der Waals surface area contributed by atoms with Crippen molar-refractivity contribution in [3.05, 3.63) is 11.7 Å². The number of nitrogens with zero attached hydrogens (tertiary/aromatic N) is 3. The molecule has 1 saturated heterocycles. The van der Waals surface area contributed by atoms with E-state index in [0.29, 0.717) is 19.1 Å². The Kier molecular flexibility index (Phi) is 5.84. The lowest BCUT2D eigenvalue weighted by molar-refractivity contribution is 0.109. The van der Waals surface area contributed by atoms with Crippen LogP contribution in [0.25, 0.3) is 0 Å². The van der Waals surface area contributed by atoms with E-state index in [0.717, 1.165) is 25.5 Å². The van der Waals surface area contributed by atoms with Gasteiger partial charge >= 0.3 is 0 Å². The molecule has 1 aromatic rings. The molecule has 2 rings (SSSR count). The second kappa shape index (κ2) is 6.90. The van der Waals surface area contributed by atoms with E-state index >= 15 is 0 Å². The van der Waals surface area contributed by atoms with Crippen molar-refractivity contribution in [3.63, 3.8) is 0 Å². The number of likely N-dealkylation sites (N-methyl/N-ethyl adjacent to an activating group) is 1. The van der Waals surface area contributed by atoms with Gasteiger partial charge in [0.2, 0.25) is 0 Å². The van der Waals surface area contributed by atoms with Gasteiger partial charge in [0.05, 0.1) is 6.04 Å². The number of ether oxygens (including phenoxy) is 1. The van der Waals surface area contributed by atoms with E-state index in [1.807, 2.05) is 6.92 Å². The normalized spacial score (nSPS) is 21.2. The highest BCUT2D eigenvalue weighted by Crippen LogP contribution is 2.17. The van der Waals surface area contributed by atoms with Crippen LogP contribution in [-0.2, 0) is 11.3 Å². The lowest BCUT2D eigenvalue weighted by atomic mass is 10.2. The first-order valence-corrected chi connectivity index (χ1v) is 5.62. The van der Waals surface area contributed by atoms with Crippen molar-refractivity contribution in [3.8, 4) is 0 Å². The van der Waals surface area contributed by atoms with E-state index in [9.17, 15) is 0 Å². The van der Waals surface area contributed by atoms with Gasteiger partial charge in [-0.1, -0.05) is 5.16 Å². The minimum atomic E-state index is 0. The van der Waals surface area contributed by atoms with E-state index in [1.165, 1.54) is 0 Å². The van der Waals surface area contributed by atoms with Gasteiger partial charge in [0.25, 0.3) is 5.89 Å². The summed E-state index contributed by atoms with van der Waals surface area (Å²) in [6, 6.07) is 0.202. The summed E-state index contributed by atoms with van der Waals surface area (Å²) in [6.07, 6.45) is 0. The minimum absolute atomic E-state index is 0. The predicted molar refractivity (Wildman–Crippen MR) is 65.1 cm³/mol. The Hall–Kier alpha value is -0.690. The first-order valence-electron chi connectivity index (χ1n) is 5.62. The van der Waals surface area contributed by atoms with Gasteiger partial charge in [-0.15, -0.1) is 12.4 Å². The fourth-order valence-electron chi connectivity index (χ4n) is 1.75. The summed E-state index contributed by atoms with van der Waals surface area (Å²) >= 11 is 0. The molecule has 0 spiro atoms. The topological polar surface area (TPSA) is 63.4 Å². The summed E-state index contributed by atoms with van der Waals surface area (Å²) in [5.41, 5.74) is 0. The van der Waals surface area contributed by atoms with E-state index in [-0.39, 0.29) is 18.4 Å². The Morgan fingerprint density at radius 2 is 2.41 bits per heavy atom. The van der Waals surface area contributed by atoms with Crippen LogP contribution in [0.3, 0.4) is 0 Å². The quantitative estimate of drug-likeness (QED) is 0.858. The van der Waals surface area contributed by atoms with Crippen LogP contribution >= 0.6 is 12.4 Å². The fraction of sp³-hybridized carbons (Fsp3) is 0.800. The minimum Gasteiger partial charge on any atom is -0.372 e. The number of hydrogen-bond donors (Lipinski definition) is 1. The highest BCUT2D eigenvalue weighted by molar-refractivity contribution is 5.85. The number of rotatable bonds is 4. The summed E-state index contributed by atoms with van der Waals surface area (Å²) in [6.45, 7) is 5.87. The molecule has 2 heterocycles. The molecule has 0 amide bonds. The van der Waals surface area contributed by atoms with Crippen molar-refractivity contribution in [1.29, 1.82) is 0 Å². The Bertz CT molecular complexity index is 334. The number of hydrogen-bond acceptors (Lipinski definition) is 6. The fourth-order valence-corrected chi connectivity index (χ4v) is 1.75. The second-order valence-electron chi connectivity index (χ2n) is 3.88. The third-order valence-corrected chi connectivity index (χ3v) is 2.72. The highest BCUT2D eigenvalue weighted by Gasteiger charge is 2.24. The average Bonchev–Trinajstić information content (AvgIpc) is 2.75. The van der Waals surface area contributed by atoms with E-state index in [2.05, 4.69) is 27.4 Å². The van der Waals surface area contributed by atoms with Gasteiger partial charge in [-0.05, 0) is 14.0 Å². The van der Waals surface area contributed by atoms with Crippen molar-refractivity contribution in [2.24, 2.45) is 0 Å². The van der Waals surface area contributed by atoms with Crippen LogP contribution in [0.4, 0.5) is 0 Å². The number of piperazine rings is 1. The van der Waals surface area contributed by atoms with Crippen LogP contribution in [0, 0.1) is 0 Å². The second-order valence-corrected chi connectivity index (χ2v) is 3.88. The first kappa shape index (κ1) is 14.4. The summed E-state index contributed by atoms with van der Waals surface area (Å²) < 4.78 is 10.3. The largest absolute Gasteiger partial charge is 0.372 e. The smallest absolute Gasteiger partial charge is 0.252 e. The van der Waals surface area contributed by atoms with Crippen LogP contribution in [0.15, 0.2) is 4.52 Å². The lowest BCUT2D eigenvalue weighted by Gasteiger charge is -2.30. The Morgan fingerprint density at radius 1 is 1.59 bits per heavy atom. The molecule has 1 N–H and O–H groups in total. The van der Waals surface area contributed by atoms with Crippen LogP contribution in [0.1, 0.15) is 24.7 Å². The molecule has 0 saturated carbocycles. The van der Waals surface area contributed by atoms with Crippen molar-refractivity contribution < 1.29 is 9.26 Å². The van der Waals surface area contributed by atoms with Gasteiger partial charge in [-0.2, -0.15) is 4.98 Å². The van der Waals surface area contributed by atoms with Gasteiger partial charge in [0.1, 0.15) is 6.61 Å². The predicted octanol–water partition coefficient (Wildman–Crippen LogP) is 0.604. The molecule has 17 heavy (non-hydrogen) atoms. The van der Waals surface area contributed by atoms with Gasteiger partial charge in [0.15, 0.2) is 5.82 Å². The zero-order valence-corrected chi connectivity index (χ0v) is 11.0. The molecule has 6 nitrogen and oxygen atoms in total. The number of aromatic nitrogens is 2. The number of halogens is 1. The van der Waals surface area contributed by atoms with Crippen LogP contribution in [-0.4, -0.2) is 48.3 Å². The summed E-state index contributed by atoms with van der Waals surface area (Å²) in [5.74, 6) is 1.29. The maximum absolute atomic E-state index is 5.22. The van der Waals surface area contributed by atoms with Crippen LogP contribution in [0.2, 0.25) is 0 Å².